The van der Waals surface area contributed by atoms with Gasteiger partial charge in [0.1, 0.15) is 10.9 Å². The van der Waals surface area contributed by atoms with Gasteiger partial charge in [0.25, 0.3) is 11.5 Å². The standard InChI is InChI=1S/C8H8N4O.C7H10N4O.CH4/c1-2-3-12-4-6-7(11-12)9-5-10-8(6)13;1-2-3-11-4-5(7(9)12)6(8)10-11;/h2,4-5H,1,3H2,(H,9,10,11,13);2,4H,1,3H2,(H2,8,10)(H2,9,12);1H4. The molecule has 0 aliphatic heterocycles. The summed E-state index contributed by atoms with van der Waals surface area (Å²) in [5.41, 5.74) is 11.0. The molecule has 3 heterocycles. The van der Waals surface area contributed by atoms with Gasteiger partial charge in [0.2, 0.25) is 0 Å². The summed E-state index contributed by atoms with van der Waals surface area (Å²) in [5, 5.41) is 8.43. The van der Waals surface area contributed by atoms with E-state index in [4.69, 9.17) is 11.5 Å². The number of rotatable bonds is 5. The van der Waals surface area contributed by atoms with Crippen LogP contribution in [0.4, 0.5) is 5.82 Å². The first-order valence-corrected chi connectivity index (χ1v) is 7.21. The van der Waals surface area contributed by atoms with Gasteiger partial charge >= 0.3 is 0 Å². The first-order valence-electron chi connectivity index (χ1n) is 7.21. The third-order valence-corrected chi connectivity index (χ3v) is 3.06. The van der Waals surface area contributed by atoms with E-state index in [-0.39, 0.29) is 24.4 Å². The number of primary amides is 1. The predicted octanol–water partition coefficient (Wildman–Crippen LogP) is 0.692. The van der Waals surface area contributed by atoms with Crippen LogP contribution in [0.1, 0.15) is 17.8 Å². The lowest BCUT2D eigenvalue weighted by Crippen LogP contribution is -2.11. The molecule has 3 aromatic heterocycles. The molecule has 0 saturated heterocycles. The van der Waals surface area contributed by atoms with Crippen molar-refractivity contribution in [1.29, 1.82) is 0 Å². The maximum Gasteiger partial charge on any atom is 0.261 e. The Kier molecular flexibility index (Phi) is 7.02. The molecule has 3 aromatic rings. The minimum Gasteiger partial charge on any atom is -0.382 e. The van der Waals surface area contributed by atoms with Crippen molar-refractivity contribution >= 4 is 22.8 Å². The Balaban J connectivity index is 0.000000251. The number of nitrogens with zero attached hydrogens (tertiary/aromatic N) is 5. The molecule has 0 radical (unpaired) electrons. The molecular weight excluding hydrogens is 336 g/mol. The van der Waals surface area contributed by atoms with Crippen molar-refractivity contribution in [2.75, 3.05) is 5.73 Å². The average molecular weight is 358 g/mol. The van der Waals surface area contributed by atoms with Gasteiger partial charge in [-0.05, 0) is 0 Å². The van der Waals surface area contributed by atoms with Crippen molar-refractivity contribution in [3.05, 3.63) is 59.9 Å². The van der Waals surface area contributed by atoms with Gasteiger partial charge in [-0.15, -0.1) is 13.2 Å². The fourth-order valence-corrected chi connectivity index (χ4v) is 1.97. The maximum absolute atomic E-state index is 11.2. The molecule has 0 atom stereocenters. The van der Waals surface area contributed by atoms with Gasteiger partial charge in [-0.2, -0.15) is 10.2 Å². The number of amides is 1. The van der Waals surface area contributed by atoms with Gasteiger partial charge in [-0.25, -0.2) is 4.98 Å². The molecule has 0 unspecified atom stereocenters. The second-order valence-electron chi connectivity index (χ2n) is 4.91. The number of anilines is 1. The van der Waals surface area contributed by atoms with Gasteiger partial charge in [0, 0.05) is 12.4 Å². The van der Waals surface area contributed by atoms with Gasteiger partial charge in [0.15, 0.2) is 11.5 Å². The minimum atomic E-state index is -0.567. The fourth-order valence-electron chi connectivity index (χ4n) is 1.97. The summed E-state index contributed by atoms with van der Waals surface area (Å²) in [6.07, 6.45) is 7.86. The van der Waals surface area contributed by atoms with E-state index in [0.29, 0.717) is 24.1 Å². The summed E-state index contributed by atoms with van der Waals surface area (Å²) in [7, 11) is 0. The molecular formula is C16H22N8O2. The number of aromatic nitrogens is 6. The Hall–Kier alpha value is -3.69. The Morgan fingerprint density at radius 2 is 1.81 bits per heavy atom. The highest BCUT2D eigenvalue weighted by Gasteiger charge is 2.09. The van der Waals surface area contributed by atoms with Crippen molar-refractivity contribution in [1.82, 2.24) is 29.5 Å². The van der Waals surface area contributed by atoms with E-state index in [1.54, 1.807) is 23.0 Å². The van der Waals surface area contributed by atoms with Crippen molar-refractivity contribution in [3.8, 4) is 0 Å². The zero-order valence-electron chi connectivity index (χ0n) is 13.4. The number of carbonyl (C=O) groups excluding carboxylic acids is 1. The molecule has 3 rings (SSSR count). The molecule has 0 aliphatic carbocycles. The third-order valence-electron chi connectivity index (χ3n) is 3.06. The molecule has 10 heteroatoms. The predicted molar refractivity (Wildman–Crippen MR) is 100 cm³/mol. The normalized spacial score (nSPS) is 9.69. The molecule has 26 heavy (non-hydrogen) atoms. The quantitative estimate of drug-likeness (QED) is 0.571. The summed E-state index contributed by atoms with van der Waals surface area (Å²) in [6.45, 7) is 8.19. The average Bonchev–Trinajstić information content (AvgIpc) is 3.13. The smallest absolute Gasteiger partial charge is 0.261 e. The van der Waals surface area contributed by atoms with E-state index in [9.17, 15) is 9.59 Å². The van der Waals surface area contributed by atoms with Crippen molar-refractivity contribution in [2.24, 2.45) is 5.73 Å². The van der Waals surface area contributed by atoms with Crippen molar-refractivity contribution in [2.45, 2.75) is 20.5 Å². The van der Waals surface area contributed by atoms with Crippen LogP contribution in [0.25, 0.3) is 11.0 Å². The Labute approximate surface area is 149 Å². The van der Waals surface area contributed by atoms with Crippen LogP contribution in [0.2, 0.25) is 0 Å². The summed E-state index contributed by atoms with van der Waals surface area (Å²) in [6, 6.07) is 0. The van der Waals surface area contributed by atoms with Crippen LogP contribution in [-0.2, 0) is 13.1 Å². The fraction of sp³-hybridized carbons (Fsp3) is 0.188. The molecule has 0 spiro atoms. The number of nitrogens with two attached hydrogens (primary N) is 2. The van der Waals surface area contributed by atoms with Crippen LogP contribution in [0, 0.1) is 0 Å². The summed E-state index contributed by atoms with van der Waals surface area (Å²) >= 11 is 0. The van der Waals surface area contributed by atoms with Gasteiger partial charge in [0.05, 0.1) is 19.4 Å². The van der Waals surface area contributed by atoms with Crippen LogP contribution in [0.15, 0.2) is 48.8 Å². The third kappa shape index (κ3) is 4.66. The Bertz CT molecular complexity index is 966. The highest BCUT2D eigenvalue weighted by Crippen LogP contribution is 2.07. The van der Waals surface area contributed by atoms with Gasteiger partial charge in [-0.1, -0.05) is 19.6 Å². The molecule has 0 fully saturated rings. The molecule has 10 nitrogen and oxygen atoms in total. The Morgan fingerprint density at radius 1 is 1.19 bits per heavy atom. The number of allylic oxidation sites excluding steroid dienone is 2. The van der Waals surface area contributed by atoms with Crippen molar-refractivity contribution < 1.29 is 4.79 Å². The zero-order valence-corrected chi connectivity index (χ0v) is 13.4. The van der Waals surface area contributed by atoms with Crippen LogP contribution >= 0.6 is 0 Å². The topological polar surface area (TPSA) is 150 Å². The van der Waals surface area contributed by atoms with E-state index in [1.165, 1.54) is 17.2 Å². The summed E-state index contributed by atoms with van der Waals surface area (Å²) in [5.74, 6) is -0.410. The molecule has 0 saturated carbocycles. The number of carbonyl (C=O) groups is 1. The largest absolute Gasteiger partial charge is 0.382 e. The molecule has 138 valence electrons. The lowest BCUT2D eigenvalue weighted by atomic mass is 10.3. The second kappa shape index (κ2) is 8.97. The van der Waals surface area contributed by atoms with E-state index in [2.05, 4.69) is 33.3 Å². The molecule has 5 N–H and O–H groups in total. The van der Waals surface area contributed by atoms with Gasteiger partial charge < -0.3 is 16.5 Å². The van der Waals surface area contributed by atoms with Crippen molar-refractivity contribution in [3.63, 3.8) is 0 Å². The maximum atomic E-state index is 11.2. The number of hydrogen-bond acceptors (Lipinski definition) is 6. The highest BCUT2D eigenvalue weighted by atomic mass is 16.1. The number of nitrogen functional groups attached to an aromatic ring is 1. The molecule has 0 bridgehead atoms. The SMILES string of the molecule is C.C=CCn1cc(C(N)=O)c(N)n1.C=CCn1cc2c(=O)[nH]cnc2n1. The van der Waals surface area contributed by atoms with Crippen LogP contribution in [-0.4, -0.2) is 35.4 Å². The number of nitrogens with one attached hydrogen (secondary N) is 1. The van der Waals surface area contributed by atoms with E-state index < -0.39 is 5.91 Å². The molecule has 0 aromatic carbocycles. The number of aromatic amines is 1. The lowest BCUT2D eigenvalue weighted by molar-refractivity contribution is 0.100. The van der Waals surface area contributed by atoms with Gasteiger partial charge in [-0.3, -0.25) is 19.0 Å². The first-order chi connectivity index (χ1) is 12.0. The molecule has 0 aliphatic rings. The highest BCUT2D eigenvalue weighted by molar-refractivity contribution is 5.96. The molecule has 1 amide bonds. The number of H-pyrrole nitrogens is 1. The minimum absolute atomic E-state index is 0. The lowest BCUT2D eigenvalue weighted by Gasteiger charge is -1.90. The first kappa shape index (κ1) is 20.4. The summed E-state index contributed by atoms with van der Waals surface area (Å²) in [4.78, 5) is 28.3. The van der Waals surface area contributed by atoms with E-state index in [0.717, 1.165) is 0 Å². The van der Waals surface area contributed by atoms with E-state index in [1.807, 2.05) is 0 Å². The second-order valence-corrected chi connectivity index (χ2v) is 4.91. The Morgan fingerprint density at radius 3 is 2.31 bits per heavy atom. The summed E-state index contributed by atoms with van der Waals surface area (Å²) < 4.78 is 3.13. The number of hydrogen-bond donors (Lipinski definition) is 3. The monoisotopic (exact) mass is 358 g/mol. The van der Waals surface area contributed by atoms with E-state index >= 15 is 0 Å². The zero-order chi connectivity index (χ0) is 18.4. The van der Waals surface area contributed by atoms with Crippen LogP contribution in [0.3, 0.4) is 0 Å². The van der Waals surface area contributed by atoms with Crippen LogP contribution in [0.5, 0.6) is 0 Å². The number of fused-ring (bicyclic) bond motifs is 1. The van der Waals surface area contributed by atoms with Crippen LogP contribution < -0.4 is 17.0 Å².